The summed E-state index contributed by atoms with van der Waals surface area (Å²) in [6, 6.07) is 11.3. The third-order valence-electron chi connectivity index (χ3n) is 3.85. The van der Waals surface area contributed by atoms with E-state index in [0.29, 0.717) is 37.8 Å². The average Bonchev–Trinajstić information content (AvgIpc) is 2.61. The standard InChI is InChI=1S/C17H19N5O2/c1-13-11-15(16(24)22-9-7-21(12-23)8-10-22)20-17(18-13)19-14-5-3-2-4-6-14/h2-6,11-12H,7-10H2,1H3,(H,18,19,20). The Balaban J connectivity index is 1.76. The number of carbonyl (C=O) groups is 2. The number of aromatic nitrogens is 2. The van der Waals surface area contributed by atoms with Crippen LogP contribution in [0.5, 0.6) is 0 Å². The molecule has 2 amide bonds. The number of anilines is 2. The highest BCUT2D eigenvalue weighted by Crippen LogP contribution is 2.14. The maximum absolute atomic E-state index is 12.7. The second kappa shape index (κ2) is 7.08. The lowest BCUT2D eigenvalue weighted by Crippen LogP contribution is -2.48. The van der Waals surface area contributed by atoms with E-state index in [2.05, 4.69) is 15.3 Å². The molecule has 0 spiro atoms. The van der Waals surface area contributed by atoms with Crippen molar-refractivity contribution in [2.24, 2.45) is 0 Å². The minimum absolute atomic E-state index is 0.137. The number of nitrogens with one attached hydrogen (secondary N) is 1. The molecular formula is C17H19N5O2. The predicted molar refractivity (Wildman–Crippen MR) is 90.0 cm³/mol. The van der Waals surface area contributed by atoms with Crippen molar-refractivity contribution >= 4 is 24.0 Å². The molecule has 0 atom stereocenters. The van der Waals surface area contributed by atoms with Crippen LogP contribution in [0.15, 0.2) is 36.4 Å². The molecule has 0 bridgehead atoms. The van der Waals surface area contributed by atoms with Gasteiger partial charge in [-0.05, 0) is 25.1 Å². The van der Waals surface area contributed by atoms with Gasteiger partial charge >= 0.3 is 0 Å². The molecule has 1 aliphatic heterocycles. The molecule has 1 saturated heterocycles. The van der Waals surface area contributed by atoms with Crippen molar-refractivity contribution in [2.75, 3.05) is 31.5 Å². The zero-order valence-electron chi connectivity index (χ0n) is 13.5. The number of carbonyl (C=O) groups excluding carboxylic acids is 2. The number of nitrogens with zero attached hydrogens (tertiary/aromatic N) is 4. The average molecular weight is 325 g/mol. The van der Waals surface area contributed by atoms with Crippen LogP contribution in [0.25, 0.3) is 0 Å². The van der Waals surface area contributed by atoms with Gasteiger partial charge in [-0.3, -0.25) is 9.59 Å². The summed E-state index contributed by atoms with van der Waals surface area (Å²) >= 11 is 0. The van der Waals surface area contributed by atoms with Crippen LogP contribution in [0.4, 0.5) is 11.6 Å². The molecule has 7 heteroatoms. The fourth-order valence-corrected chi connectivity index (χ4v) is 2.58. The summed E-state index contributed by atoms with van der Waals surface area (Å²) in [4.78, 5) is 35.5. The van der Waals surface area contributed by atoms with E-state index in [0.717, 1.165) is 17.8 Å². The zero-order chi connectivity index (χ0) is 16.9. The molecule has 1 fully saturated rings. The van der Waals surface area contributed by atoms with Gasteiger partial charge in [0.1, 0.15) is 5.69 Å². The van der Waals surface area contributed by atoms with Crippen LogP contribution >= 0.6 is 0 Å². The molecule has 0 aliphatic carbocycles. The van der Waals surface area contributed by atoms with Crippen molar-refractivity contribution in [1.29, 1.82) is 0 Å². The second-order valence-electron chi connectivity index (χ2n) is 5.64. The van der Waals surface area contributed by atoms with Gasteiger partial charge in [0, 0.05) is 37.6 Å². The molecule has 124 valence electrons. The Morgan fingerprint density at radius 2 is 1.83 bits per heavy atom. The van der Waals surface area contributed by atoms with Crippen molar-refractivity contribution in [2.45, 2.75) is 6.92 Å². The number of piperazine rings is 1. The van der Waals surface area contributed by atoms with Crippen molar-refractivity contribution in [3.8, 4) is 0 Å². The maximum Gasteiger partial charge on any atom is 0.272 e. The summed E-state index contributed by atoms with van der Waals surface area (Å²) in [6.07, 6.45) is 0.818. The molecule has 1 aliphatic rings. The van der Waals surface area contributed by atoms with Crippen LogP contribution in [-0.4, -0.2) is 58.3 Å². The molecular weight excluding hydrogens is 306 g/mol. The number of amides is 2. The number of hydrogen-bond acceptors (Lipinski definition) is 5. The number of benzene rings is 1. The van der Waals surface area contributed by atoms with E-state index in [1.165, 1.54) is 0 Å². The molecule has 1 N–H and O–H groups in total. The smallest absolute Gasteiger partial charge is 0.272 e. The zero-order valence-corrected chi connectivity index (χ0v) is 13.5. The lowest BCUT2D eigenvalue weighted by molar-refractivity contribution is -0.119. The van der Waals surface area contributed by atoms with Crippen LogP contribution in [0.1, 0.15) is 16.2 Å². The summed E-state index contributed by atoms with van der Waals surface area (Å²) in [5.74, 6) is 0.262. The third kappa shape index (κ3) is 3.68. The number of hydrogen-bond donors (Lipinski definition) is 1. The Morgan fingerprint density at radius 3 is 2.50 bits per heavy atom. The van der Waals surface area contributed by atoms with Crippen LogP contribution in [0, 0.1) is 6.92 Å². The molecule has 1 aromatic heterocycles. The molecule has 0 saturated carbocycles. The van der Waals surface area contributed by atoms with Gasteiger partial charge in [-0.2, -0.15) is 0 Å². The number of rotatable bonds is 4. The maximum atomic E-state index is 12.7. The van der Waals surface area contributed by atoms with Crippen LogP contribution in [0.3, 0.4) is 0 Å². The number of para-hydroxylation sites is 1. The van der Waals surface area contributed by atoms with Gasteiger partial charge < -0.3 is 15.1 Å². The highest BCUT2D eigenvalue weighted by Gasteiger charge is 2.23. The largest absolute Gasteiger partial charge is 0.342 e. The Bertz CT molecular complexity index is 727. The summed E-state index contributed by atoms with van der Waals surface area (Å²) < 4.78 is 0. The molecule has 1 aromatic carbocycles. The first kappa shape index (κ1) is 15.9. The van der Waals surface area contributed by atoms with E-state index < -0.39 is 0 Å². The van der Waals surface area contributed by atoms with Gasteiger partial charge in [-0.15, -0.1) is 0 Å². The lowest BCUT2D eigenvalue weighted by atomic mass is 10.2. The topological polar surface area (TPSA) is 78.4 Å². The first-order valence-electron chi connectivity index (χ1n) is 7.82. The van der Waals surface area contributed by atoms with Gasteiger partial charge in [0.2, 0.25) is 12.4 Å². The fourth-order valence-electron chi connectivity index (χ4n) is 2.58. The third-order valence-corrected chi connectivity index (χ3v) is 3.85. The van der Waals surface area contributed by atoms with Crippen LogP contribution < -0.4 is 5.32 Å². The highest BCUT2D eigenvalue weighted by atomic mass is 16.2. The highest BCUT2D eigenvalue weighted by molar-refractivity contribution is 5.92. The molecule has 24 heavy (non-hydrogen) atoms. The lowest BCUT2D eigenvalue weighted by Gasteiger charge is -2.32. The molecule has 7 nitrogen and oxygen atoms in total. The van der Waals surface area contributed by atoms with Crippen LogP contribution in [-0.2, 0) is 4.79 Å². The van der Waals surface area contributed by atoms with Gasteiger partial charge in [0.15, 0.2) is 0 Å². The van der Waals surface area contributed by atoms with Gasteiger partial charge in [0.25, 0.3) is 5.91 Å². The Labute approximate surface area is 140 Å². The molecule has 0 unspecified atom stereocenters. The van der Waals surface area contributed by atoms with E-state index in [1.807, 2.05) is 37.3 Å². The van der Waals surface area contributed by atoms with Crippen molar-refractivity contribution in [1.82, 2.24) is 19.8 Å². The molecule has 0 radical (unpaired) electrons. The minimum atomic E-state index is -0.137. The Kier molecular flexibility index (Phi) is 4.69. The summed E-state index contributed by atoms with van der Waals surface area (Å²) in [5, 5.41) is 3.11. The molecule has 2 aromatic rings. The van der Waals surface area contributed by atoms with E-state index >= 15 is 0 Å². The van der Waals surface area contributed by atoms with E-state index in [9.17, 15) is 9.59 Å². The van der Waals surface area contributed by atoms with E-state index in [1.54, 1.807) is 15.9 Å². The van der Waals surface area contributed by atoms with Crippen molar-refractivity contribution in [3.63, 3.8) is 0 Å². The Hall–Kier alpha value is -2.96. The van der Waals surface area contributed by atoms with Crippen molar-refractivity contribution < 1.29 is 9.59 Å². The first-order valence-corrected chi connectivity index (χ1v) is 7.82. The molecule has 2 heterocycles. The summed E-state index contributed by atoms with van der Waals surface area (Å²) in [5.41, 5.74) is 1.94. The Morgan fingerprint density at radius 1 is 1.12 bits per heavy atom. The van der Waals surface area contributed by atoms with Gasteiger partial charge in [-0.25, -0.2) is 9.97 Å². The van der Waals surface area contributed by atoms with E-state index in [-0.39, 0.29) is 5.91 Å². The normalized spacial score (nSPS) is 14.4. The van der Waals surface area contributed by atoms with E-state index in [4.69, 9.17) is 0 Å². The summed E-state index contributed by atoms with van der Waals surface area (Å²) in [6.45, 7) is 3.96. The minimum Gasteiger partial charge on any atom is -0.342 e. The van der Waals surface area contributed by atoms with Crippen LogP contribution in [0.2, 0.25) is 0 Å². The van der Waals surface area contributed by atoms with Crippen molar-refractivity contribution in [3.05, 3.63) is 47.8 Å². The van der Waals surface area contributed by atoms with Gasteiger partial charge in [0.05, 0.1) is 0 Å². The first-order chi connectivity index (χ1) is 11.7. The fraction of sp³-hybridized carbons (Fsp3) is 0.294. The summed E-state index contributed by atoms with van der Waals surface area (Å²) in [7, 11) is 0. The predicted octanol–water partition coefficient (Wildman–Crippen LogP) is 1.44. The molecule has 3 rings (SSSR count). The monoisotopic (exact) mass is 325 g/mol. The quantitative estimate of drug-likeness (QED) is 0.861. The second-order valence-corrected chi connectivity index (χ2v) is 5.64. The van der Waals surface area contributed by atoms with Gasteiger partial charge in [-0.1, -0.05) is 18.2 Å². The SMILES string of the molecule is Cc1cc(C(=O)N2CCN(C=O)CC2)nc(Nc2ccccc2)n1. The number of aryl methyl sites for hydroxylation is 1.